The molecule has 0 amide bonds. The maximum Gasteiger partial charge on any atom is 0.336 e. The van der Waals surface area contributed by atoms with E-state index in [9.17, 15) is 14.9 Å². The van der Waals surface area contributed by atoms with Crippen molar-refractivity contribution in [2.24, 2.45) is 0 Å². The van der Waals surface area contributed by atoms with Crippen molar-refractivity contribution in [3.05, 3.63) is 55.3 Å². The zero-order chi connectivity index (χ0) is 14.2. The average molecular weight is 263 g/mol. The Morgan fingerprint density at radius 2 is 2.11 bits per heavy atom. The molecule has 2 rings (SSSR count). The van der Waals surface area contributed by atoms with Gasteiger partial charge in [-0.3, -0.25) is 14.9 Å². The van der Waals surface area contributed by atoms with Gasteiger partial charge in [-0.1, -0.05) is 5.16 Å². The molecule has 0 saturated heterocycles. The third-order valence-corrected chi connectivity index (χ3v) is 3.03. The number of rotatable bonds is 3. The Morgan fingerprint density at radius 3 is 2.63 bits per heavy atom. The number of hydrogen-bond donors (Lipinski definition) is 0. The molecular weight excluding hydrogens is 250 g/mol. The van der Waals surface area contributed by atoms with E-state index in [0.29, 0.717) is 17.0 Å². The number of nitro groups is 1. The van der Waals surface area contributed by atoms with E-state index < -0.39 is 16.2 Å². The highest BCUT2D eigenvalue weighted by molar-refractivity contribution is 5.36. The van der Waals surface area contributed by atoms with Crippen LogP contribution >= 0.6 is 0 Å². The third-order valence-electron chi connectivity index (χ3n) is 3.03. The van der Waals surface area contributed by atoms with Crippen molar-refractivity contribution in [1.29, 1.82) is 0 Å². The van der Waals surface area contributed by atoms with Crippen LogP contribution in [0.2, 0.25) is 0 Å². The molecule has 0 N–H and O–H groups in total. The largest absolute Gasteiger partial charge is 0.361 e. The van der Waals surface area contributed by atoms with Gasteiger partial charge in [0.25, 0.3) is 0 Å². The van der Waals surface area contributed by atoms with Gasteiger partial charge in [0.15, 0.2) is 0 Å². The van der Waals surface area contributed by atoms with Crippen LogP contribution in [-0.4, -0.2) is 14.6 Å². The fraction of sp³-hybridized carbons (Fsp3) is 0.333. The van der Waals surface area contributed by atoms with Crippen molar-refractivity contribution in [3.8, 4) is 0 Å². The Kier molecular flexibility index (Phi) is 3.20. The Bertz CT molecular complexity index is 680. The highest BCUT2D eigenvalue weighted by Gasteiger charge is 2.19. The third kappa shape index (κ3) is 2.26. The van der Waals surface area contributed by atoms with Crippen LogP contribution in [0.4, 0.5) is 5.69 Å². The van der Waals surface area contributed by atoms with Gasteiger partial charge in [-0.15, -0.1) is 0 Å². The highest BCUT2D eigenvalue weighted by atomic mass is 16.6. The fourth-order valence-corrected chi connectivity index (χ4v) is 1.90. The van der Waals surface area contributed by atoms with E-state index in [1.165, 1.54) is 10.8 Å². The minimum absolute atomic E-state index is 0.209. The summed E-state index contributed by atoms with van der Waals surface area (Å²) in [6.45, 7) is 5.25. The molecule has 0 aliphatic rings. The molecule has 0 saturated carbocycles. The predicted molar refractivity (Wildman–Crippen MR) is 67.2 cm³/mol. The number of nitrogens with zero attached hydrogens (tertiary/aromatic N) is 3. The van der Waals surface area contributed by atoms with Crippen LogP contribution in [0.3, 0.4) is 0 Å². The maximum atomic E-state index is 12.1. The quantitative estimate of drug-likeness (QED) is 0.621. The summed E-state index contributed by atoms with van der Waals surface area (Å²) in [5, 5.41) is 14.7. The standard InChI is InChI=1S/C12H13N3O4/c1-7-4-5-14(12(16)11(7)15(17)18)6-10-8(2)13-19-9(10)3/h4-5H,6H2,1-3H3. The molecule has 0 aliphatic heterocycles. The van der Waals surface area contributed by atoms with Gasteiger partial charge in [-0.2, -0.15) is 0 Å². The van der Waals surface area contributed by atoms with Crippen LogP contribution in [0.1, 0.15) is 22.6 Å². The molecule has 0 bridgehead atoms. The van der Waals surface area contributed by atoms with E-state index in [4.69, 9.17) is 4.52 Å². The molecule has 0 atom stereocenters. The minimum atomic E-state index is -0.651. The smallest absolute Gasteiger partial charge is 0.336 e. The molecule has 7 heteroatoms. The maximum absolute atomic E-state index is 12.1. The predicted octanol–water partition coefficient (Wildman–Crippen LogP) is 1.72. The van der Waals surface area contributed by atoms with Gasteiger partial charge in [0.05, 0.1) is 17.2 Å². The number of pyridine rings is 1. The summed E-state index contributed by atoms with van der Waals surface area (Å²) in [7, 11) is 0. The van der Waals surface area contributed by atoms with Crippen molar-refractivity contribution in [1.82, 2.24) is 9.72 Å². The van der Waals surface area contributed by atoms with Crippen LogP contribution < -0.4 is 5.56 Å². The summed E-state index contributed by atoms with van der Waals surface area (Å²) in [4.78, 5) is 22.3. The van der Waals surface area contributed by atoms with Gasteiger partial charge in [-0.25, -0.2) is 0 Å². The normalized spacial score (nSPS) is 10.7. The van der Waals surface area contributed by atoms with Crippen LogP contribution in [-0.2, 0) is 6.54 Å². The second-order valence-corrected chi connectivity index (χ2v) is 4.34. The lowest BCUT2D eigenvalue weighted by Crippen LogP contribution is -2.23. The molecule has 0 spiro atoms. The first-order chi connectivity index (χ1) is 8.91. The summed E-state index contributed by atoms with van der Waals surface area (Å²) in [5.74, 6) is 0.604. The van der Waals surface area contributed by atoms with Crippen molar-refractivity contribution in [2.45, 2.75) is 27.3 Å². The minimum Gasteiger partial charge on any atom is -0.361 e. The van der Waals surface area contributed by atoms with E-state index in [-0.39, 0.29) is 6.54 Å². The lowest BCUT2D eigenvalue weighted by Gasteiger charge is -2.06. The average Bonchev–Trinajstić information content (AvgIpc) is 2.63. The van der Waals surface area contributed by atoms with Gasteiger partial charge >= 0.3 is 11.2 Å². The van der Waals surface area contributed by atoms with E-state index in [1.807, 2.05) is 0 Å². The van der Waals surface area contributed by atoms with Crippen molar-refractivity contribution in [3.63, 3.8) is 0 Å². The highest BCUT2D eigenvalue weighted by Crippen LogP contribution is 2.15. The van der Waals surface area contributed by atoms with Gasteiger partial charge in [-0.05, 0) is 26.8 Å². The summed E-state index contributed by atoms with van der Waals surface area (Å²) in [6.07, 6.45) is 1.54. The summed E-state index contributed by atoms with van der Waals surface area (Å²) >= 11 is 0. The first kappa shape index (κ1) is 13.0. The number of hydrogen-bond acceptors (Lipinski definition) is 5. The van der Waals surface area contributed by atoms with E-state index >= 15 is 0 Å². The monoisotopic (exact) mass is 263 g/mol. The van der Waals surface area contributed by atoms with Gasteiger partial charge in [0, 0.05) is 17.3 Å². The van der Waals surface area contributed by atoms with Crippen molar-refractivity contribution < 1.29 is 9.45 Å². The molecule has 0 aromatic carbocycles. The Balaban J connectivity index is 2.51. The number of aromatic nitrogens is 2. The lowest BCUT2D eigenvalue weighted by atomic mass is 10.2. The summed E-state index contributed by atoms with van der Waals surface area (Å²) in [6, 6.07) is 1.55. The molecule has 19 heavy (non-hydrogen) atoms. The van der Waals surface area contributed by atoms with Gasteiger partial charge < -0.3 is 9.09 Å². The van der Waals surface area contributed by atoms with Gasteiger partial charge in [0.1, 0.15) is 5.76 Å². The van der Waals surface area contributed by atoms with Crippen LogP contribution in [0.25, 0.3) is 0 Å². The van der Waals surface area contributed by atoms with E-state index in [0.717, 1.165) is 5.56 Å². The van der Waals surface area contributed by atoms with Crippen molar-refractivity contribution in [2.75, 3.05) is 0 Å². The number of aryl methyl sites for hydroxylation is 3. The first-order valence-electron chi connectivity index (χ1n) is 5.68. The molecule has 0 unspecified atom stereocenters. The molecule has 0 radical (unpaired) electrons. The molecule has 2 aromatic rings. The Labute approximate surface area is 108 Å². The SMILES string of the molecule is Cc1ccn(Cc2c(C)noc2C)c(=O)c1[N+](=O)[O-]. The molecule has 2 heterocycles. The van der Waals surface area contributed by atoms with Crippen LogP contribution in [0, 0.1) is 30.9 Å². The molecule has 0 aliphatic carbocycles. The van der Waals surface area contributed by atoms with Crippen LogP contribution in [0.5, 0.6) is 0 Å². The second kappa shape index (κ2) is 4.68. The Morgan fingerprint density at radius 1 is 1.42 bits per heavy atom. The topological polar surface area (TPSA) is 91.2 Å². The molecule has 7 nitrogen and oxygen atoms in total. The first-order valence-corrected chi connectivity index (χ1v) is 5.68. The zero-order valence-corrected chi connectivity index (χ0v) is 10.8. The molecule has 0 fully saturated rings. The molecule has 2 aromatic heterocycles. The van der Waals surface area contributed by atoms with E-state index in [1.54, 1.807) is 26.8 Å². The fourth-order valence-electron chi connectivity index (χ4n) is 1.90. The van der Waals surface area contributed by atoms with Crippen LogP contribution in [0.15, 0.2) is 21.6 Å². The zero-order valence-electron chi connectivity index (χ0n) is 10.8. The molecular formula is C12H13N3O4. The second-order valence-electron chi connectivity index (χ2n) is 4.34. The summed E-state index contributed by atoms with van der Waals surface area (Å²) < 4.78 is 6.30. The lowest BCUT2D eigenvalue weighted by molar-refractivity contribution is -0.387. The van der Waals surface area contributed by atoms with E-state index in [2.05, 4.69) is 5.16 Å². The van der Waals surface area contributed by atoms with Crippen molar-refractivity contribution >= 4 is 5.69 Å². The summed E-state index contributed by atoms with van der Waals surface area (Å²) in [5.41, 5.74) is 0.775. The van der Waals surface area contributed by atoms with Gasteiger partial charge in [0.2, 0.25) is 0 Å². The Hall–Kier alpha value is -2.44. The molecule has 100 valence electrons.